The van der Waals surface area contributed by atoms with E-state index >= 15 is 0 Å². The first-order valence-corrected chi connectivity index (χ1v) is 6.66. The predicted molar refractivity (Wildman–Crippen MR) is 59.9 cm³/mol. The molecule has 0 aliphatic carbocycles. The summed E-state index contributed by atoms with van der Waals surface area (Å²) in [7, 11) is -4.53. The number of hydrogen-bond donors (Lipinski definition) is 3. The highest BCUT2D eigenvalue weighted by molar-refractivity contribution is 7.46. The van der Waals surface area contributed by atoms with Gasteiger partial charge in [0, 0.05) is 12.0 Å². The number of ketones is 1. The third-order valence-corrected chi connectivity index (χ3v) is 2.34. The van der Waals surface area contributed by atoms with Crippen molar-refractivity contribution in [3.05, 3.63) is 0 Å². The number of Topliss-reactive ketones (excluding diaryl/α,β-unsaturated/α-hetero) is 1. The van der Waals surface area contributed by atoms with Gasteiger partial charge in [0.25, 0.3) is 0 Å². The fourth-order valence-corrected chi connectivity index (χ4v) is 1.53. The maximum absolute atomic E-state index is 11.7. The van der Waals surface area contributed by atoms with E-state index in [0.717, 1.165) is 0 Å². The highest BCUT2D eigenvalue weighted by Gasteiger charge is 2.25. The monoisotopic (exact) mass is 253 g/mol. The van der Waals surface area contributed by atoms with E-state index in [1.807, 2.05) is 13.8 Å². The molecule has 0 spiro atoms. The van der Waals surface area contributed by atoms with Gasteiger partial charge in [-0.15, -0.1) is 0 Å². The molecule has 0 aromatic carbocycles. The quantitative estimate of drug-likeness (QED) is 0.578. The number of nitrogens with one attached hydrogen (secondary N) is 1. The second kappa shape index (κ2) is 6.47. The van der Waals surface area contributed by atoms with Crippen molar-refractivity contribution in [1.29, 1.82) is 0 Å². The molecule has 1 atom stereocenters. The Kier molecular flexibility index (Phi) is 6.36. The van der Waals surface area contributed by atoms with Gasteiger partial charge in [0.1, 0.15) is 0 Å². The molecule has 0 aromatic rings. The minimum absolute atomic E-state index is 0.0353. The van der Waals surface area contributed by atoms with Gasteiger partial charge in [0.2, 0.25) is 0 Å². The molecular formula is C9H20NO5P. The second-order valence-electron chi connectivity index (χ2n) is 4.22. The highest BCUT2D eigenvalue weighted by Crippen LogP contribution is 2.35. The van der Waals surface area contributed by atoms with E-state index in [2.05, 4.69) is 9.84 Å². The lowest BCUT2D eigenvalue weighted by molar-refractivity contribution is -0.124. The molecular weight excluding hydrogens is 233 g/mol. The molecule has 16 heavy (non-hydrogen) atoms. The summed E-state index contributed by atoms with van der Waals surface area (Å²) in [5.41, 5.74) is 0. The van der Waals surface area contributed by atoms with Crippen molar-refractivity contribution < 1.29 is 23.7 Å². The molecule has 0 bridgehead atoms. The molecule has 0 saturated heterocycles. The Morgan fingerprint density at radius 2 is 1.81 bits per heavy atom. The Bertz CT molecular complexity index is 273. The normalized spacial score (nSPS) is 14.5. The lowest BCUT2D eigenvalue weighted by Gasteiger charge is -2.21. The summed E-state index contributed by atoms with van der Waals surface area (Å²) in [4.78, 5) is 28.8. The molecule has 6 nitrogen and oxygen atoms in total. The van der Waals surface area contributed by atoms with Gasteiger partial charge >= 0.3 is 7.82 Å². The van der Waals surface area contributed by atoms with Crippen LogP contribution in [-0.4, -0.2) is 34.3 Å². The smallest absolute Gasteiger partial charge is 0.303 e. The first-order chi connectivity index (χ1) is 7.13. The summed E-state index contributed by atoms with van der Waals surface area (Å²) in [5.74, 6) is -0.334. The minimum Gasteiger partial charge on any atom is -0.303 e. The third kappa shape index (κ3) is 7.09. The Morgan fingerprint density at radius 3 is 2.12 bits per heavy atom. The van der Waals surface area contributed by atoms with Crippen molar-refractivity contribution >= 4 is 13.6 Å². The van der Waals surface area contributed by atoms with Crippen LogP contribution in [0.2, 0.25) is 0 Å². The zero-order valence-corrected chi connectivity index (χ0v) is 10.9. The van der Waals surface area contributed by atoms with Gasteiger partial charge in [-0.1, -0.05) is 27.7 Å². The average Bonchev–Trinajstić information content (AvgIpc) is 2.08. The first-order valence-electron chi connectivity index (χ1n) is 5.13. The summed E-state index contributed by atoms with van der Waals surface area (Å²) in [5, 5.41) is 2.92. The minimum atomic E-state index is -4.53. The number of phosphoric acid groups is 1. The fourth-order valence-electron chi connectivity index (χ4n) is 1.19. The Balaban J connectivity index is 4.44. The maximum Gasteiger partial charge on any atom is 0.469 e. The van der Waals surface area contributed by atoms with Gasteiger partial charge in [-0.3, -0.25) is 9.32 Å². The SMILES string of the molecule is CC(C)N[C@@H](COP(=O)(O)O)C(=O)C(C)C. The van der Waals surface area contributed by atoms with Crippen LogP contribution >= 0.6 is 7.82 Å². The number of carbonyl (C=O) groups excluding carboxylic acids is 1. The van der Waals surface area contributed by atoms with Gasteiger partial charge in [-0.2, -0.15) is 0 Å². The van der Waals surface area contributed by atoms with E-state index in [4.69, 9.17) is 9.79 Å². The highest BCUT2D eigenvalue weighted by atomic mass is 31.2. The van der Waals surface area contributed by atoms with E-state index in [0.29, 0.717) is 0 Å². The molecule has 0 amide bonds. The van der Waals surface area contributed by atoms with Crippen LogP contribution in [0.4, 0.5) is 0 Å². The zero-order chi connectivity index (χ0) is 12.9. The molecule has 0 radical (unpaired) electrons. The second-order valence-corrected chi connectivity index (χ2v) is 5.46. The van der Waals surface area contributed by atoms with Crippen LogP contribution in [0.5, 0.6) is 0 Å². The standard InChI is InChI=1S/C9H20NO5P/c1-6(2)9(11)8(10-7(3)4)5-15-16(12,13)14/h6-8,10H,5H2,1-4H3,(H2,12,13,14)/t8-/m0/s1. The van der Waals surface area contributed by atoms with Crippen LogP contribution in [0.25, 0.3) is 0 Å². The molecule has 0 aliphatic rings. The van der Waals surface area contributed by atoms with Crippen LogP contribution in [0, 0.1) is 5.92 Å². The van der Waals surface area contributed by atoms with Gasteiger partial charge in [-0.05, 0) is 0 Å². The van der Waals surface area contributed by atoms with Gasteiger partial charge < -0.3 is 15.1 Å². The van der Waals surface area contributed by atoms with Crippen molar-refractivity contribution in [1.82, 2.24) is 5.32 Å². The Morgan fingerprint density at radius 1 is 1.31 bits per heavy atom. The van der Waals surface area contributed by atoms with E-state index < -0.39 is 13.9 Å². The summed E-state index contributed by atoms with van der Waals surface area (Å²) in [6, 6.07) is -0.652. The number of carbonyl (C=O) groups is 1. The molecule has 0 saturated carbocycles. The van der Waals surface area contributed by atoms with Gasteiger partial charge in [0.05, 0.1) is 12.6 Å². The third-order valence-electron chi connectivity index (χ3n) is 1.86. The number of hydrogen-bond acceptors (Lipinski definition) is 4. The molecule has 7 heteroatoms. The van der Waals surface area contributed by atoms with Crippen LogP contribution < -0.4 is 5.32 Å². The average molecular weight is 253 g/mol. The van der Waals surface area contributed by atoms with E-state index in [9.17, 15) is 9.36 Å². The largest absolute Gasteiger partial charge is 0.469 e. The van der Waals surface area contributed by atoms with E-state index in [-0.39, 0.29) is 24.3 Å². The van der Waals surface area contributed by atoms with E-state index in [1.54, 1.807) is 13.8 Å². The Labute approximate surface area is 95.6 Å². The Hall–Kier alpha value is -0.260. The first kappa shape index (κ1) is 15.7. The number of rotatable bonds is 7. The topological polar surface area (TPSA) is 95.9 Å². The predicted octanol–water partition coefficient (Wildman–Crippen LogP) is 0.687. The van der Waals surface area contributed by atoms with Crippen molar-refractivity contribution in [2.75, 3.05) is 6.61 Å². The summed E-state index contributed by atoms with van der Waals surface area (Å²) in [6.07, 6.45) is 0. The van der Waals surface area contributed by atoms with Crippen molar-refractivity contribution in [2.45, 2.75) is 39.8 Å². The fraction of sp³-hybridized carbons (Fsp3) is 0.889. The van der Waals surface area contributed by atoms with Crippen LogP contribution in [0.3, 0.4) is 0 Å². The molecule has 0 rings (SSSR count). The van der Waals surface area contributed by atoms with Crippen molar-refractivity contribution in [3.8, 4) is 0 Å². The van der Waals surface area contributed by atoms with Crippen molar-refractivity contribution in [3.63, 3.8) is 0 Å². The van der Waals surface area contributed by atoms with Crippen molar-refractivity contribution in [2.24, 2.45) is 5.92 Å². The molecule has 3 N–H and O–H groups in total. The molecule has 0 unspecified atom stereocenters. The summed E-state index contributed by atoms with van der Waals surface area (Å²) >= 11 is 0. The van der Waals surface area contributed by atoms with Gasteiger partial charge in [0.15, 0.2) is 5.78 Å². The maximum atomic E-state index is 11.7. The molecule has 0 heterocycles. The zero-order valence-electron chi connectivity index (χ0n) is 10.0. The number of phosphoric ester groups is 1. The van der Waals surface area contributed by atoms with Crippen LogP contribution in [0.15, 0.2) is 0 Å². The lowest BCUT2D eigenvalue weighted by atomic mass is 10.0. The van der Waals surface area contributed by atoms with Crippen LogP contribution in [-0.2, 0) is 13.9 Å². The van der Waals surface area contributed by atoms with E-state index in [1.165, 1.54) is 0 Å². The van der Waals surface area contributed by atoms with Crippen LogP contribution in [0.1, 0.15) is 27.7 Å². The summed E-state index contributed by atoms with van der Waals surface area (Å²) in [6.45, 7) is 6.83. The lowest BCUT2D eigenvalue weighted by Crippen LogP contribution is -2.45. The van der Waals surface area contributed by atoms with Gasteiger partial charge in [-0.25, -0.2) is 4.57 Å². The molecule has 0 aliphatic heterocycles. The molecule has 0 aromatic heterocycles. The molecule has 96 valence electrons. The summed E-state index contributed by atoms with van der Waals surface area (Å²) < 4.78 is 14.9. The molecule has 0 fully saturated rings.